The Bertz CT molecular complexity index is 987. The molecule has 2 saturated heterocycles. The lowest BCUT2D eigenvalue weighted by molar-refractivity contribution is -0.161. The predicted molar refractivity (Wildman–Crippen MR) is 127 cm³/mol. The molecule has 2 heterocycles. The lowest BCUT2D eigenvalue weighted by atomic mass is 10.1. The Kier molecular flexibility index (Phi) is 9.98. The van der Waals surface area contributed by atoms with Crippen molar-refractivity contribution in [2.45, 2.75) is 50.4 Å². The van der Waals surface area contributed by atoms with Crippen molar-refractivity contribution >= 4 is 29.7 Å². The highest BCUT2D eigenvalue weighted by atomic mass is 16.5. The average molecular weight is 520 g/mol. The Morgan fingerprint density at radius 2 is 1.59 bits per heavy atom. The van der Waals surface area contributed by atoms with Crippen LogP contribution in [0.3, 0.4) is 0 Å². The van der Waals surface area contributed by atoms with E-state index in [4.69, 9.17) is 4.74 Å². The molecule has 3 amide bonds. The number of carbonyl (C=O) groups excluding carboxylic acids is 5. The second-order valence-electron chi connectivity index (χ2n) is 8.97. The molecule has 1 aromatic carbocycles. The van der Waals surface area contributed by atoms with Crippen molar-refractivity contribution in [1.29, 1.82) is 0 Å². The molecule has 4 atom stereocenters. The van der Waals surface area contributed by atoms with Crippen molar-refractivity contribution in [1.82, 2.24) is 15.1 Å². The van der Waals surface area contributed by atoms with Crippen molar-refractivity contribution < 1.29 is 43.7 Å². The zero-order chi connectivity index (χ0) is 26.9. The Hall–Kier alpha value is -3.51. The highest BCUT2D eigenvalue weighted by Gasteiger charge is 2.45. The second kappa shape index (κ2) is 13.2. The van der Waals surface area contributed by atoms with Crippen LogP contribution in [-0.2, 0) is 40.1 Å². The van der Waals surface area contributed by atoms with Crippen LogP contribution < -0.4 is 5.32 Å². The number of ether oxygens (including phenoxy) is 2. The molecule has 0 bridgehead atoms. The number of carbonyl (C=O) groups is 5. The van der Waals surface area contributed by atoms with E-state index in [1.165, 1.54) is 9.80 Å². The Balaban J connectivity index is 1.66. The molecule has 0 spiro atoms. The largest absolute Gasteiger partial charge is 0.467 e. The summed E-state index contributed by atoms with van der Waals surface area (Å²) >= 11 is 0. The van der Waals surface area contributed by atoms with Crippen LogP contribution in [-0.4, -0.2) is 101 Å². The van der Waals surface area contributed by atoms with Gasteiger partial charge in [0.2, 0.25) is 17.7 Å². The van der Waals surface area contributed by atoms with Crippen LogP contribution in [0, 0.1) is 5.92 Å². The Morgan fingerprint density at radius 1 is 0.946 bits per heavy atom. The van der Waals surface area contributed by atoms with Gasteiger partial charge in [-0.1, -0.05) is 30.3 Å². The van der Waals surface area contributed by atoms with Crippen LogP contribution in [0.5, 0.6) is 0 Å². The van der Waals surface area contributed by atoms with Crippen LogP contribution in [0.4, 0.5) is 0 Å². The SMILES string of the molecule is COC(=O)[C@H](CO)NC(=O)[C@@H]1CCCN1C(=O)[C@@H]1CCCN1C(=O)[C@H](CO)C(=O)OCc1ccccc1. The van der Waals surface area contributed by atoms with Gasteiger partial charge in [0.05, 0.1) is 20.3 Å². The number of esters is 2. The molecule has 0 aromatic heterocycles. The Labute approximate surface area is 214 Å². The Morgan fingerprint density at radius 3 is 2.22 bits per heavy atom. The number of methoxy groups -OCH3 is 1. The molecule has 3 N–H and O–H groups in total. The van der Waals surface area contributed by atoms with E-state index in [0.717, 1.165) is 12.7 Å². The zero-order valence-electron chi connectivity index (χ0n) is 20.7. The van der Waals surface area contributed by atoms with Crippen molar-refractivity contribution in [2.75, 3.05) is 33.4 Å². The molecular formula is C25H33N3O9. The number of nitrogens with zero attached hydrogens (tertiary/aromatic N) is 2. The molecule has 202 valence electrons. The fraction of sp³-hybridized carbons (Fsp3) is 0.560. The molecule has 12 heteroatoms. The first kappa shape index (κ1) is 28.1. The summed E-state index contributed by atoms with van der Waals surface area (Å²) in [6.07, 6.45) is 1.74. The topological polar surface area (TPSA) is 163 Å². The van der Waals surface area contributed by atoms with Crippen LogP contribution in [0.25, 0.3) is 0 Å². The summed E-state index contributed by atoms with van der Waals surface area (Å²) < 4.78 is 9.79. The van der Waals surface area contributed by atoms with Gasteiger partial charge in [-0.25, -0.2) is 4.79 Å². The third kappa shape index (κ3) is 6.63. The van der Waals surface area contributed by atoms with Gasteiger partial charge in [-0.3, -0.25) is 19.2 Å². The summed E-state index contributed by atoms with van der Waals surface area (Å²) in [4.78, 5) is 66.4. The van der Waals surface area contributed by atoms with E-state index in [2.05, 4.69) is 10.1 Å². The minimum atomic E-state index is -1.47. The van der Waals surface area contributed by atoms with Gasteiger partial charge in [0.25, 0.3) is 0 Å². The number of nitrogens with one attached hydrogen (secondary N) is 1. The molecule has 0 aliphatic carbocycles. The van der Waals surface area contributed by atoms with Gasteiger partial charge >= 0.3 is 11.9 Å². The van der Waals surface area contributed by atoms with Gasteiger partial charge in [0.15, 0.2) is 12.0 Å². The first-order chi connectivity index (χ1) is 17.8. The summed E-state index contributed by atoms with van der Waals surface area (Å²) in [6.45, 7) is -0.990. The lowest BCUT2D eigenvalue weighted by Crippen LogP contribution is -2.56. The van der Waals surface area contributed by atoms with Gasteiger partial charge in [0.1, 0.15) is 18.7 Å². The molecular weight excluding hydrogens is 486 g/mol. The van der Waals surface area contributed by atoms with Crippen molar-refractivity contribution in [3.05, 3.63) is 35.9 Å². The standard InChI is InChI=1S/C25H33N3O9/c1-36-25(35)18(14-30)26-21(31)19-9-5-11-27(19)23(33)20-10-6-12-28(20)22(32)17(13-29)24(34)37-15-16-7-3-2-4-8-16/h2-4,7-8,17-20,29-30H,5-6,9-15H2,1H3,(H,26,31)/t17-,18-,19-,20-/m0/s1. The molecule has 0 saturated carbocycles. The maximum atomic E-state index is 13.4. The molecule has 2 fully saturated rings. The van der Waals surface area contributed by atoms with Crippen molar-refractivity contribution in [3.63, 3.8) is 0 Å². The van der Waals surface area contributed by atoms with E-state index in [9.17, 15) is 34.2 Å². The molecule has 12 nitrogen and oxygen atoms in total. The van der Waals surface area contributed by atoms with Gasteiger partial charge < -0.3 is 34.8 Å². The molecule has 37 heavy (non-hydrogen) atoms. The minimum Gasteiger partial charge on any atom is -0.467 e. The van der Waals surface area contributed by atoms with E-state index in [1.807, 2.05) is 6.07 Å². The smallest absolute Gasteiger partial charge is 0.330 e. The van der Waals surface area contributed by atoms with Crippen LogP contribution in [0.1, 0.15) is 31.2 Å². The molecule has 1 aromatic rings. The monoisotopic (exact) mass is 519 g/mol. The van der Waals surface area contributed by atoms with Crippen LogP contribution in [0.15, 0.2) is 30.3 Å². The van der Waals surface area contributed by atoms with Gasteiger partial charge in [-0.2, -0.15) is 0 Å². The van der Waals surface area contributed by atoms with Gasteiger partial charge in [-0.15, -0.1) is 0 Å². The first-order valence-corrected chi connectivity index (χ1v) is 12.2. The highest BCUT2D eigenvalue weighted by Crippen LogP contribution is 2.26. The number of hydrogen-bond acceptors (Lipinski definition) is 9. The number of likely N-dealkylation sites (tertiary alicyclic amines) is 2. The number of aliphatic hydroxyl groups excluding tert-OH is 2. The summed E-state index contributed by atoms with van der Waals surface area (Å²) in [5.41, 5.74) is 0.725. The van der Waals surface area contributed by atoms with Crippen molar-refractivity contribution in [3.8, 4) is 0 Å². The summed E-state index contributed by atoms with van der Waals surface area (Å²) in [7, 11) is 1.13. The van der Waals surface area contributed by atoms with E-state index < -0.39 is 66.9 Å². The lowest BCUT2D eigenvalue weighted by Gasteiger charge is -2.32. The minimum absolute atomic E-state index is 0.0587. The van der Waals surface area contributed by atoms with E-state index in [-0.39, 0.29) is 19.7 Å². The highest BCUT2D eigenvalue weighted by molar-refractivity contribution is 6.00. The maximum absolute atomic E-state index is 13.4. The number of aliphatic hydroxyl groups is 2. The van der Waals surface area contributed by atoms with Crippen LogP contribution in [0.2, 0.25) is 0 Å². The predicted octanol–water partition coefficient (Wildman–Crippen LogP) is -1.03. The summed E-state index contributed by atoms with van der Waals surface area (Å²) in [5, 5.41) is 21.6. The number of amides is 3. The fourth-order valence-corrected chi connectivity index (χ4v) is 4.65. The molecule has 3 rings (SSSR count). The maximum Gasteiger partial charge on any atom is 0.330 e. The second-order valence-corrected chi connectivity index (χ2v) is 8.97. The van der Waals surface area contributed by atoms with Crippen molar-refractivity contribution in [2.24, 2.45) is 5.92 Å². The van der Waals surface area contributed by atoms with E-state index >= 15 is 0 Å². The number of benzene rings is 1. The van der Waals surface area contributed by atoms with E-state index in [1.54, 1.807) is 24.3 Å². The molecule has 2 aliphatic rings. The fourth-order valence-electron chi connectivity index (χ4n) is 4.65. The quantitative estimate of drug-likeness (QED) is 0.259. The first-order valence-electron chi connectivity index (χ1n) is 12.2. The molecule has 2 aliphatic heterocycles. The van der Waals surface area contributed by atoms with E-state index in [0.29, 0.717) is 25.7 Å². The summed E-state index contributed by atoms with van der Waals surface area (Å²) in [6, 6.07) is 5.86. The van der Waals surface area contributed by atoms with Crippen LogP contribution >= 0.6 is 0 Å². The zero-order valence-corrected chi connectivity index (χ0v) is 20.7. The third-order valence-electron chi connectivity index (χ3n) is 6.63. The number of hydrogen-bond donors (Lipinski definition) is 3. The molecule has 0 unspecified atom stereocenters. The van der Waals surface area contributed by atoms with Gasteiger partial charge in [-0.05, 0) is 31.2 Å². The average Bonchev–Trinajstić information content (AvgIpc) is 3.61. The number of rotatable bonds is 10. The normalized spacial score (nSPS) is 20.7. The summed E-state index contributed by atoms with van der Waals surface area (Å²) in [5.74, 6) is -4.93. The van der Waals surface area contributed by atoms with Gasteiger partial charge in [0, 0.05) is 13.1 Å². The molecule has 0 radical (unpaired) electrons. The third-order valence-corrected chi connectivity index (χ3v) is 6.63.